The third-order valence-electron chi connectivity index (χ3n) is 4.56. The summed E-state index contributed by atoms with van der Waals surface area (Å²) in [5, 5.41) is 8.30. The van der Waals surface area contributed by atoms with Crippen LogP contribution in [0.2, 0.25) is 0 Å². The first kappa shape index (κ1) is 19.1. The van der Waals surface area contributed by atoms with Crippen LogP contribution in [0.1, 0.15) is 18.2 Å². The van der Waals surface area contributed by atoms with E-state index in [4.69, 9.17) is 4.74 Å². The van der Waals surface area contributed by atoms with Crippen molar-refractivity contribution in [3.63, 3.8) is 0 Å². The number of aromatic nitrogens is 3. The van der Waals surface area contributed by atoms with Gasteiger partial charge in [-0.1, -0.05) is 51.5 Å². The average Bonchev–Trinajstić information content (AvgIpc) is 3.08. The van der Waals surface area contributed by atoms with Gasteiger partial charge in [0.2, 0.25) is 10.0 Å². The molecule has 1 aliphatic rings. The van der Waals surface area contributed by atoms with Crippen LogP contribution in [0.15, 0.2) is 64.1 Å². The predicted molar refractivity (Wildman–Crippen MR) is 107 cm³/mol. The molecule has 0 radical (unpaired) electrons. The summed E-state index contributed by atoms with van der Waals surface area (Å²) in [5.41, 5.74) is 1.69. The molecule has 0 saturated heterocycles. The SMILES string of the molecule is C[C@@H]1COc2cc(Br)ccc2S(=O)(=O)N1Cc1cn(Cc2ccccc2)nn1. The molecule has 0 fully saturated rings. The van der Waals surface area contributed by atoms with E-state index in [1.165, 1.54) is 4.31 Å². The number of ether oxygens (including phenoxy) is 1. The van der Waals surface area contributed by atoms with Crippen LogP contribution >= 0.6 is 15.9 Å². The summed E-state index contributed by atoms with van der Waals surface area (Å²) in [7, 11) is -3.72. The van der Waals surface area contributed by atoms with Crippen molar-refractivity contribution < 1.29 is 13.2 Å². The summed E-state index contributed by atoms with van der Waals surface area (Å²) in [6.07, 6.45) is 1.78. The maximum Gasteiger partial charge on any atom is 0.247 e. The second kappa shape index (κ2) is 7.65. The second-order valence-electron chi connectivity index (χ2n) is 6.69. The van der Waals surface area contributed by atoms with E-state index in [9.17, 15) is 8.42 Å². The molecule has 2 heterocycles. The Bertz CT molecular complexity index is 1090. The number of sulfonamides is 1. The fourth-order valence-corrected chi connectivity index (χ4v) is 5.17. The molecule has 28 heavy (non-hydrogen) atoms. The summed E-state index contributed by atoms with van der Waals surface area (Å²) in [5.74, 6) is 0.358. The van der Waals surface area contributed by atoms with E-state index in [0.717, 1.165) is 10.0 Å². The molecule has 2 aromatic carbocycles. The summed E-state index contributed by atoms with van der Waals surface area (Å²) in [6.45, 7) is 2.81. The van der Waals surface area contributed by atoms with Crippen molar-refractivity contribution in [3.05, 3.63) is 70.5 Å². The molecule has 0 unspecified atom stereocenters. The van der Waals surface area contributed by atoms with Crippen LogP contribution in [-0.4, -0.2) is 40.4 Å². The molecule has 1 aliphatic heterocycles. The van der Waals surface area contributed by atoms with Crippen LogP contribution in [-0.2, 0) is 23.1 Å². The van der Waals surface area contributed by atoms with Crippen LogP contribution in [0.4, 0.5) is 0 Å². The van der Waals surface area contributed by atoms with E-state index < -0.39 is 10.0 Å². The zero-order valence-corrected chi connectivity index (χ0v) is 17.6. The van der Waals surface area contributed by atoms with E-state index in [0.29, 0.717) is 18.0 Å². The fraction of sp³-hybridized carbons (Fsp3) is 0.263. The Kier molecular flexibility index (Phi) is 5.22. The number of hydrogen-bond donors (Lipinski definition) is 0. The van der Waals surface area contributed by atoms with Gasteiger partial charge in [-0.2, -0.15) is 4.31 Å². The molecule has 3 aromatic rings. The average molecular weight is 463 g/mol. The largest absolute Gasteiger partial charge is 0.490 e. The third-order valence-corrected chi connectivity index (χ3v) is 7.05. The molecule has 9 heteroatoms. The minimum atomic E-state index is -3.72. The van der Waals surface area contributed by atoms with Crippen molar-refractivity contribution in [1.82, 2.24) is 19.3 Å². The van der Waals surface area contributed by atoms with Gasteiger partial charge in [0.25, 0.3) is 0 Å². The number of halogens is 1. The van der Waals surface area contributed by atoms with E-state index in [2.05, 4.69) is 26.2 Å². The van der Waals surface area contributed by atoms with Gasteiger partial charge in [0.1, 0.15) is 17.3 Å². The standard InChI is InChI=1S/C19H19BrN4O3S/c1-14-13-27-18-9-16(20)7-8-19(18)28(25,26)24(14)12-17-11-23(22-21-17)10-15-5-3-2-4-6-15/h2-9,11,14H,10,12-13H2,1H3/t14-/m1/s1. The molecule has 0 bridgehead atoms. The molecular formula is C19H19BrN4O3S. The first-order valence-corrected chi connectivity index (χ1v) is 11.0. The Balaban J connectivity index is 1.59. The minimum absolute atomic E-state index is 0.136. The molecule has 0 spiro atoms. The van der Waals surface area contributed by atoms with Crippen LogP contribution in [0, 0.1) is 0 Å². The lowest BCUT2D eigenvalue weighted by Crippen LogP contribution is -2.39. The van der Waals surface area contributed by atoms with Crippen molar-refractivity contribution in [2.45, 2.75) is 31.0 Å². The van der Waals surface area contributed by atoms with Crippen molar-refractivity contribution in [2.75, 3.05) is 6.61 Å². The highest BCUT2D eigenvalue weighted by atomic mass is 79.9. The van der Waals surface area contributed by atoms with Crippen LogP contribution in [0.25, 0.3) is 0 Å². The van der Waals surface area contributed by atoms with Crippen molar-refractivity contribution in [1.29, 1.82) is 0 Å². The second-order valence-corrected chi connectivity index (χ2v) is 9.47. The van der Waals surface area contributed by atoms with Crippen LogP contribution in [0.5, 0.6) is 5.75 Å². The Hall–Kier alpha value is -2.23. The number of nitrogens with zero attached hydrogens (tertiary/aromatic N) is 4. The molecule has 1 aromatic heterocycles. The highest BCUT2D eigenvalue weighted by Gasteiger charge is 2.35. The van der Waals surface area contributed by atoms with E-state index in [1.54, 1.807) is 29.1 Å². The van der Waals surface area contributed by atoms with Gasteiger partial charge in [0.05, 0.1) is 31.0 Å². The first-order valence-electron chi connectivity index (χ1n) is 8.80. The van der Waals surface area contributed by atoms with Crippen molar-refractivity contribution in [3.8, 4) is 5.75 Å². The Morgan fingerprint density at radius 3 is 2.75 bits per heavy atom. The van der Waals surface area contributed by atoms with Crippen molar-refractivity contribution in [2.24, 2.45) is 0 Å². The Morgan fingerprint density at radius 2 is 1.96 bits per heavy atom. The normalized spacial score (nSPS) is 18.9. The quantitative estimate of drug-likeness (QED) is 0.595. The molecule has 0 aliphatic carbocycles. The van der Waals surface area contributed by atoms with Gasteiger partial charge in [-0.3, -0.25) is 0 Å². The lowest BCUT2D eigenvalue weighted by Gasteiger charge is -2.24. The molecular weight excluding hydrogens is 444 g/mol. The maximum atomic E-state index is 13.2. The highest BCUT2D eigenvalue weighted by molar-refractivity contribution is 9.10. The number of hydrogen-bond acceptors (Lipinski definition) is 5. The number of benzene rings is 2. The van der Waals surface area contributed by atoms with Gasteiger partial charge in [0, 0.05) is 4.47 Å². The van der Waals surface area contributed by atoms with Gasteiger partial charge in [0.15, 0.2) is 0 Å². The number of rotatable bonds is 4. The van der Waals surface area contributed by atoms with Crippen molar-refractivity contribution >= 4 is 26.0 Å². The lowest BCUT2D eigenvalue weighted by atomic mass is 10.2. The van der Waals surface area contributed by atoms with E-state index in [1.807, 2.05) is 37.3 Å². The van der Waals surface area contributed by atoms with Gasteiger partial charge in [-0.05, 0) is 30.7 Å². The van der Waals surface area contributed by atoms with Crippen LogP contribution < -0.4 is 4.74 Å². The summed E-state index contributed by atoms with van der Waals surface area (Å²) >= 11 is 3.36. The molecule has 4 rings (SSSR count). The fourth-order valence-electron chi connectivity index (χ4n) is 3.12. The monoisotopic (exact) mass is 462 g/mol. The van der Waals surface area contributed by atoms with Gasteiger partial charge < -0.3 is 4.74 Å². The third kappa shape index (κ3) is 3.82. The summed E-state index contributed by atoms with van der Waals surface area (Å²) in [6, 6.07) is 14.5. The lowest BCUT2D eigenvalue weighted by molar-refractivity contribution is 0.219. The Labute approximate surface area is 172 Å². The molecule has 1 atom stereocenters. The van der Waals surface area contributed by atoms with Gasteiger partial charge in [-0.15, -0.1) is 5.10 Å². The number of fused-ring (bicyclic) bond motifs is 1. The maximum absolute atomic E-state index is 13.2. The highest BCUT2D eigenvalue weighted by Crippen LogP contribution is 2.34. The van der Waals surface area contributed by atoms with E-state index >= 15 is 0 Å². The van der Waals surface area contributed by atoms with Crippen LogP contribution in [0.3, 0.4) is 0 Å². The smallest absolute Gasteiger partial charge is 0.247 e. The zero-order chi connectivity index (χ0) is 19.7. The predicted octanol–water partition coefficient (Wildman–Crippen LogP) is 3.06. The van der Waals surface area contributed by atoms with Gasteiger partial charge in [-0.25, -0.2) is 13.1 Å². The molecule has 0 amide bonds. The Morgan fingerprint density at radius 1 is 1.18 bits per heavy atom. The molecule has 0 saturated carbocycles. The molecule has 7 nitrogen and oxygen atoms in total. The summed E-state index contributed by atoms with van der Waals surface area (Å²) < 4.78 is 36.1. The zero-order valence-electron chi connectivity index (χ0n) is 15.2. The first-order chi connectivity index (χ1) is 13.4. The van der Waals surface area contributed by atoms with E-state index in [-0.39, 0.29) is 24.1 Å². The topological polar surface area (TPSA) is 77.3 Å². The molecule has 0 N–H and O–H groups in total. The summed E-state index contributed by atoms with van der Waals surface area (Å²) in [4.78, 5) is 0.164. The van der Waals surface area contributed by atoms with Gasteiger partial charge >= 0.3 is 0 Å². The molecule has 146 valence electrons. The minimum Gasteiger partial charge on any atom is -0.490 e.